The van der Waals surface area contributed by atoms with Gasteiger partial charge in [-0.05, 0) is 30.2 Å². The molecule has 0 amide bonds. The molecule has 0 aliphatic carbocycles. The van der Waals surface area contributed by atoms with Gasteiger partial charge in [-0.15, -0.1) is 0 Å². The Balaban J connectivity index is 2.09. The molecule has 18 heavy (non-hydrogen) atoms. The van der Waals surface area contributed by atoms with Crippen LogP contribution >= 0.6 is 11.6 Å². The van der Waals surface area contributed by atoms with Crippen LogP contribution < -0.4 is 0 Å². The van der Waals surface area contributed by atoms with Gasteiger partial charge in [-0.3, -0.25) is 0 Å². The fourth-order valence-electron chi connectivity index (χ4n) is 1.66. The third-order valence-corrected chi connectivity index (χ3v) is 2.85. The molecule has 0 unspecified atom stereocenters. The SMILES string of the molecule is CC(C=Cc1ccc(Cl)cc1)=Cc1ccccc1. The van der Waals surface area contributed by atoms with E-state index in [0.29, 0.717) is 0 Å². The van der Waals surface area contributed by atoms with Gasteiger partial charge in [-0.2, -0.15) is 0 Å². The van der Waals surface area contributed by atoms with Gasteiger partial charge in [0.15, 0.2) is 0 Å². The van der Waals surface area contributed by atoms with Crippen LogP contribution in [0, 0.1) is 0 Å². The second kappa shape index (κ2) is 6.23. The van der Waals surface area contributed by atoms with Crippen LogP contribution in [0.5, 0.6) is 0 Å². The molecule has 0 spiro atoms. The van der Waals surface area contributed by atoms with E-state index in [1.54, 1.807) is 0 Å². The van der Waals surface area contributed by atoms with E-state index in [1.165, 1.54) is 11.1 Å². The van der Waals surface area contributed by atoms with Crippen molar-refractivity contribution in [2.45, 2.75) is 6.92 Å². The van der Waals surface area contributed by atoms with Crippen LogP contribution in [0.3, 0.4) is 0 Å². The molecule has 90 valence electrons. The Kier molecular flexibility index (Phi) is 4.38. The van der Waals surface area contributed by atoms with E-state index < -0.39 is 0 Å². The lowest BCUT2D eigenvalue weighted by Gasteiger charge is -1.96. The standard InChI is InChI=1S/C17H15Cl/c1-14(13-16-5-3-2-4-6-16)7-8-15-9-11-17(18)12-10-15/h2-13H,1H3. The van der Waals surface area contributed by atoms with Crippen molar-refractivity contribution >= 4 is 23.8 Å². The number of halogens is 1. The van der Waals surface area contributed by atoms with Crippen molar-refractivity contribution in [3.8, 4) is 0 Å². The van der Waals surface area contributed by atoms with Crippen LogP contribution in [0.1, 0.15) is 18.1 Å². The highest BCUT2D eigenvalue weighted by atomic mass is 35.5. The lowest BCUT2D eigenvalue weighted by molar-refractivity contribution is 1.55. The highest BCUT2D eigenvalue weighted by molar-refractivity contribution is 6.30. The Morgan fingerprint density at radius 2 is 1.56 bits per heavy atom. The normalized spacial score (nSPS) is 12.0. The molecule has 0 aliphatic heterocycles. The molecule has 2 aromatic carbocycles. The van der Waals surface area contributed by atoms with Gasteiger partial charge < -0.3 is 0 Å². The van der Waals surface area contributed by atoms with Crippen molar-refractivity contribution in [3.05, 3.63) is 82.4 Å². The molecule has 0 aliphatic rings. The fourth-order valence-corrected chi connectivity index (χ4v) is 1.79. The van der Waals surface area contributed by atoms with Gasteiger partial charge in [0.2, 0.25) is 0 Å². The first-order valence-electron chi connectivity index (χ1n) is 5.91. The summed E-state index contributed by atoms with van der Waals surface area (Å²) in [4.78, 5) is 0. The van der Waals surface area contributed by atoms with Crippen molar-refractivity contribution in [3.63, 3.8) is 0 Å². The molecule has 2 rings (SSSR count). The smallest absolute Gasteiger partial charge is 0.0406 e. The maximum Gasteiger partial charge on any atom is 0.0406 e. The third kappa shape index (κ3) is 3.90. The topological polar surface area (TPSA) is 0 Å². The second-order valence-corrected chi connectivity index (χ2v) is 4.62. The summed E-state index contributed by atoms with van der Waals surface area (Å²) < 4.78 is 0. The first-order valence-corrected chi connectivity index (χ1v) is 6.29. The molecule has 0 heterocycles. The van der Waals surface area contributed by atoms with Crippen molar-refractivity contribution in [2.24, 2.45) is 0 Å². The molecule has 0 radical (unpaired) electrons. The van der Waals surface area contributed by atoms with Crippen LogP contribution in [0.2, 0.25) is 5.02 Å². The van der Waals surface area contributed by atoms with Gasteiger partial charge in [0.05, 0.1) is 0 Å². The van der Waals surface area contributed by atoms with Gasteiger partial charge >= 0.3 is 0 Å². The Hall–Kier alpha value is -1.79. The minimum Gasteiger partial charge on any atom is -0.0843 e. The molecule has 0 N–H and O–H groups in total. The molecule has 0 fully saturated rings. The number of allylic oxidation sites excluding steroid dienone is 2. The first kappa shape index (κ1) is 12.7. The summed E-state index contributed by atoms with van der Waals surface area (Å²) in [5.41, 5.74) is 3.59. The lowest BCUT2D eigenvalue weighted by Crippen LogP contribution is -1.74. The maximum absolute atomic E-state index is 5.85. The molecule has 0 atom stereocenters. The molecular weight excluding hydrogens is 240 g/mol. The highest BCUT2D eigenvalue weighted by Gasteiger charge is 1.89. The van der Waals surface area contributed by atoms with Crippen LogP contribution in [0.15, 0.2) is 66.2 Å². The van der Waals surface area contributed by atoms with E-state index in [-0.39, 0.29) is 0 Å². The predicted octanol–water partition coefficient (Wildman–Crippen LogP) is 5.46. The monoisotopic (exact) mass is 254 g/mol. The average molecular weight is 255 g/mol. The molecule has 0 saturated carbocycles. The summed E-state index contributed by atoms with van der Waals surface area (Å²) in [6.07, 6.45) is 6.35. The van der Waals surface area contributed by atoms with Crippen molar-refractivity contribution in [1.82, 2.24) is 0 Å². The van der Waals surface area contributed by atoms with Gasteiger partial charge in [0.1, 0.15) is 0 Å². The van der Waals surface area contributed by atoms with E-state index in [0.717, 1.165) is 10.6 Å². The summed E-state index contributed by atoms with van der Waals surface area (Å²) in [7, 11) is 0. The van der Waals surface area contributed by atoms with Gasteiger partial charge in [-0.25, -0.2) is 0 Å². The molecule has 0 saturated heterocycles. The lowest BCUT2D eigenvalue weighted by atomic mass is 10.1. The molecule has 2 aromatic rings. The van der Waals surface area contributed by atoms with Crippen LogP contribution in [0.25, 0.3) is 12.2 Å². The first-order chi connectivity index (χ1) is 8.74. The summed E-state index contributed by atoms with van der Waals surface area (Å²) in [5, 5.41) is 0.767. The third-order valence-electron chi connectivity index (χ3n) is 2.60. The summed E-state index contributed by atoms with van der Waals surface area (Å²) in [6, 6.07) is 18.1. The zero-order chi connectivity index (χ0) is 12.8. The highest BCUT2D eigenvalue weighted by Crippen LogP contribution is 2.13. The number of hydrogen-bond donors (Lipinski definition) is 0. The van der Waals surface area contributed by atoms with E-state index in [9.17, 15) is 0 Å². The predicted molar refractivity (Wildman–Crippen MR) is 80.6 cm³/mol. The summed E-state index contributed by atoms with van der Waals surface area (Å²) in [6.45, 7) is 2.10. The average Bonchev–Trinajstić information content (AvgIpc) is 2.39. The second-order valence-electron chi connectivity index (χ2n) is 4.18. The van der Waals surface area contributed by atoms with E-state index in [4.69, 9.17) is 11.6 Å². The number of rotatable bonds is 3. The number of hydrogen-bond acceptors (Lipinski definition) is 0. The van der Waals surface area contributed by atoms with E-state index >= 15 is 0 Å². The Labute approximate surface area is 113 Å². The van der Waals surface area contributed by atoms with Crippen molar-refractivity contribution in [1.29, 1.82) is 0 Å². The van der Waals surface area contributed by atoms with Gasteiger partial charge in [0, 0.05) is 5.02 Å². The van der Waals surface area contributed by atoms with Crippen LogP contribution in [-0.2, 0) is 0 Å². The molecular formula is C17H15Cl. The molecule has 0 nitrogen and oxygen atoms in total. The van der Waals surface area contributed by atoms with Crippen molar-refractivity contribution < 1.29 is 0 Å². The quantitative estimate of drug-likeness (QED) is 0.639. The largest absolute Gasteiger partial charge is 0.0843 e. The Bertz CT molecular complexity index is 548. The molecule has 1 heteroatoms. The Morgan fingerprint density at radius 3 is 2.22 bits per heavy atom. The summed E-state index contributed by atoms with van der Waals surface area (Å²) in [5.74, 6) is 0. The van der Waals surface area contributed by atoms with E-state index in [2.05, 4.69) is 37.3 Å². The summed E-state index contributed by atoms with van der Waals surface area (Å²) >= 11 is 5.85. The minimum atomic E-state index is 0.767. The van der Waals surface area contributed by atoms with Crippen molar-refractivity contribution in [2.75, 3.05) is 0 Å². The minimum absolute atomic E-state index is 0.767. The van der Waals surface area contributed by atoms with Crippen LogP contribution in [-0.4, -0.2) is 0 Å². The fraction of sp³-hybridized carbons (Fsp3) is 0.0588. The Morgan fingerprint density at radius 1 is 0.889 bits per heavy atom. The molecule has 0 bridgehead atoms. The zero-order valence-electron chi connectivity index (χ0n) is 10.3. The maximum atomic E-state index is 5.85. The number of benzene rings is 2. The van der Waals surface area contributed by atoms with Gasteiger partial charge in [-0.1, -0.05) is 77.9 Å². The van der Waals surface area contributed by atoms with E-state index in [1.807, 2.05) is 42.5 Å². The van der Waals surface area contributed by atoms with Crippen LogP contribution in [0.4, 0.5) is 0 Å². The van der Waals surface area contributed by atoms with Gasteiger partial charge in [0.25, 0.3) is 0 Å². The molecule has 0 aromatic heterocycles. The zero-order valence-corrected chi connectivity index (χ0v) is 11.1.